The second-order valence-corrected chi connectivity index (χ2v) is 4.42. The molecule has 0 spiro atoms. The van der Waals surface area contributed by atoms with Crippen molar-refractivity contribution in [3.63, 3.8) is 0 Å². The molecule has 0 radical (unpaired) electrons. The molecule has 0 aliphatic carbocycles. The van der Waals surface area contributed by atoms with E-state index >= 15 is 0 Å². The van der Waals surface area contributed by atoms with Crippen LogP contribution in [0.1, 0.15) is 5.56 Å². The van der Waals surface area contributed by atoms with Gasteiger partial charge in [-0.05, 0) is 16.7 Å². The number of hydrogen-bond acceptors (Lipinski definition) is 3. The fraction of sp³-hybridized carbons (Fsp3) is 0.0588. The molecule has 104 valence electrons. The first-order chi connectivity index (χ1) is 10.2. The van der Waals surface area contributed by atoms with Gasteiger partial charge < -0.3 is 11.1 Å². The molecule has 0 aliphatic heterocycles. The normalized spacial score (nSPS) is 11.2. The van der Waals surface area contributed by atoms with E-state index in [9.17, 15) is 4.79 Å². The molecule has 4 nitrogen and oxygen atoms in total. The lowest BCUT2D eigenvalue weighted by Crippen LogP contribution is -2.19. The quantitative estimate of drug-likeness (QED) is 0.664. The maximum Gasteiger partial charge on any atom is 0.261 e. The Bertz CT molecular complexity index is 710. The number of carbonyl (C=O) groups excluding carboxylic acids is 1. The van der Waals surface area contributed by atoms with E-state index in [4.69, 9.17) is 11.0 Å². The van der Waals surface area contributed by atoms with Crippen LogP contribution < -0.4 is 11.1 Å². The number of benzene rings is 2. The van der Waals surface area contributed by atoms with Crippen LogP contribution in [0.2, 0.25) is 0 Å². The van der Waals surface area contributed by atoms with Gasteiger partial charge in [0.05, 0.1) is 5.70 Å². The summed E-state index contributed by atoms with van der Waals surface area (Å²) >= 11 is 0. The molecule has 0 atom stereocenters. The number of rotatable bonds is 4. The van der Waals surface area contributed by atoms with Gasteiger partial charge in [0.1, 0.15) is 11.6 Å². The molecule has 0 unspecified atom stereocenters. The van der Waals surface area contributed by atoms with Gasteiger partial charge >= 0.3 is 0 Å². The minimum Gasteiger partial charge on any atom is -0.386 e. The molecular formula is C17H15N3O. The fourth-order valence-electron chi connectivity index (χ4n) is 2.11. The van der Waals surface area contributed by atoms with Crippen LogP contribution in [0.3, 0.4) is 0 Å². The molecule has 2 rings (SSSR count). The average molecular weight is 277 g/mol. The van der Waals surface area contributed by atoms with Crippen LogP contribution in [0.4, 0.5) is 0 Å². The van der Waals surface area contributed by atoms with Gasteiger partial charge in [0.15, 0.2) is 0 Å². The Balaban J connectivity index is 2.43. The number of nitriles is 1. The molecule has 2 aromatic carbocycles. The molecule has 2 aromatic rings. The number of nitrogens with two attached hydrogens (primary N) is 1. The van der Waals surface area contributed by atoms with Gasteiger partial charge in [-0.3, -0.25) is 4.79 Å². The zero-order chi connectivity index (χ0) is 15.2. The van der Waals surface area contributed by atoms with E-state index in [1.807, 2.05) is 60.7 Å². The zero-order valence-electron chi connectivity index (χ0n) is 11.6. The lowest BCUT2D eigenvalue weighted by molar-refractivity contribution is -0.114. The minimum atomic E-state index is -0.742. The van der Waals surface area contributed by atoms with Crippen LogP contribution in [0.15, 0.2) is 60.2 Å². The summed E-state index contributed by atoms with van der Waals surface area (Å²) in [5, 5.41) is 11.9. The monoisotopic (exact) mass is 277 g/mol. The van der Waals surface area contributed by atoms with Crippen molar-refractivity contribution in [3.8, 4) is 17.2 Å². The van der Waals surface area contributed by atoms with Gasteiger partial charge in [0.2, 0.25) is 0 Å². The van der Waals surface area contributed by atoms with Gasteiger partial charge in [0.25, 0.3) is 5.91 Å². The van der Waals surface area contributed by atoms with Gasteiger partial charge in [-0.25, -0.2) is 0 Å². The fourth-order valence-corrected chi connectivity index (χ4v) is 2.11. The second kappa shape index (κ2) is 6.40. The molecule has 0 saturated carbocycles. The van der Waals surface area contributed by atoms with Crippen LogP contribution in [0, 0.1) is 11.3 Å². The summed E-state index contributed by atoms with van der Waals surface area (Å²) in [6.45, 7) is 0. The lowest BCUT2D eigenvalue weighted by atomic mass is 10.0. The topological polar surface area (TPSA) is 78.9 Å². The van der Waals surface area contributed by atoms with Crippen LogP contribution in [0.5, 0.6) is 0 Å². The summed E-state index contributed by atoms with van der Waals surface area (Å²) in [6.07, 6.45) is 0. The van der Waals surface area contributed by atoms with Crippen molar-refractivity contribution in [2.24, 2.45) is 5.73 Å². The molecule has 3 N–H and O–H groups in total. The lowest BCUT2D eigenvalue weighted by Gasteiger charge is -2.10. The van der Waals surface area contributed by atoms with E-state index in [0.29, 0.717) is 5.70 Å². The summed E-state index contributed by atoms with van der Waals surface area (Å²) in [7, 11) is 1.65. The maximum absolute atomic E-state index is 11.3. The van der Waals surface area contributed by atoms with E-state index in [0.717, 1.165) is 16.7 Å². The van der Waals surface area contributed by atoms with E-state index in [-0.39, 0.29) is 5.57 Å². The van der Waals surface area contributed by atoms with E-state index in [1.165, 1.54) is 0 Å². The van der Waals surface area contributed by atoms with Crippen LogP contribution in [-0.4, -0.2) is 13.0 Å². The number of nitrogens with zero attached hydrogens (tertiary/aromatic N) is 1. The standard InChI is InChI=1S/C17H15N3O/c1-20-16(15(11-18)17(19)21)14-9-7-13(8-10-14)12-5-3-2-4-6-12/h2-10,20H,1H3,(H2,19,21)/b16-15-. The largest absolute Gasteiger partial charge is 0.386 e. The SMILES string of the molecule is CN/C(=C(/C#N)C(N)=O)c1ccc(-c2ccccc2)cc1. The van der Waals surface area contributed by atoms with Crippen LogP contribution in [-0.2, 0) is 4.79 Å². The van der Waals surface area contributed by atoms with Crippen molar-refractivity contribution in [2.75, 3.05) is 7.05 Å². The zero-order valence-corrected chi connectivity index (χ0v) is 11.6. The Hall–Kier alpha value is -3.06. The minimum absolute atomic E-state index is 0.0787. The summed E-state index contributed by atoms with van der Waals surface area (Å²) in [6, 6.07) is 19.4. The van der Waals surface area contributed by atoms with Gasteiger partial charge in [-0.15, -0.1) is 0 Å². The first-order valence-electron chi connectivity index (χ1n) is 6.45. The molecule has 0 aromatic heterocycles. The van der Waals surface area contributed by atoms with Crippen LogP contribution >= 0.6 is 0 Å². The van der Waals surface area contributed by atoms with Crippen molar-refractivity contribution in [3.05, 3.63) is 65.7 Å². The highest BCUT2D eigenvalue weighted by Gasteiger charge is 2.13. The summed E-state index contributed by atoms with van der Waals surface area (Å²) in [5.74, 6) is -0.742. The third-order valence-corrected chi connectivity index (χ3v) is 3.14. The maximum atomic E-state index is 11.3. The average Bonchev–Trinajstić information content (AvgIpc) is 2.53. The molecule has 21 heavy (non-hydrogen) atoms. The molecule has 4 heteroatoms. The molecule has 1 amide bonds. The second-order valence-electron chi connectivity index (χ2n) is 4.42. The van der Waals surface area contributed by atoms with Gasteiger partial charge in [-0.2, -0.15) is 5.26 Å². The van der Waals surface area contributed by atoms with Gasteiger partial charge in [0, 0.05) is 7.05 Å². The number of primary amides is 1. The van der Waals surface area contributed by atoms with E-state index in [2.05, 4.69) is 5.32 Å². The highest BCUT2D eigenvalue weighted by atomic mass is 16.1. The van der Waals surface area contributed by atoms with Crippen molar-refractivity contribution in [2.45, 2.75) is 0 Å². The molecule has 0 aliphatic rings. The molecule has 0 bridgehead atoms. The Morgan fingerprint density at radius 2 is 1.62 bits per heavy atom. The molecule has 0 heterocycles. The summed E-state index contributed by atoms with van der Waals surface area (Å²) in [5.41, 5.74) is 8.49. The number of nitrogens with one attached hydrogen (secondary N) is 1. The molecule has 0 saturated heterocycles. The first kappa shape index (κ1) is 14.4. The third-order valence-electron chi connectivity index (χ3n) is 3.14. The predicted molar refractivity (Wildman–Crippen MR) is 82.7 cm³/mol. The third kappa shape index (κ3) is 3.10. The Morgan fingerprint density at radius 1 is 1.05 bits per heavy atom. The van der Waals surface area contributed by atoms with Crippen molar-refractivity contribution < 1.29 is 4.79 Å². The molecule has 0 fully saturated rings. The number of amides is 1. The predicted octanol–water partition coefficient (Wildman–Crippen LogP) is 2.29. The highest BCUT2D eigenvalue weighted by molar-refractivity contribution is 6.03. The Morgan fingerprint density at radius 3 is 2.10 bits per heavy atom. The van der Waals surface area contributed by atoms with Gasteiger partial charge in [-0.1, -0.05) is 54.6 Å². The summed E-state index contributed by atoms with van der Waals surface area (Å²) in [4.78, 5) is 11.3. The smallest absolute Gasteiger partial charge is 0.261 e. The Labute approximate surface area is 123 Å². The van der Waals surface area contributed by atoms with Crippen molar-refractivity contribution >= 4 is 11.6 Å². The molecular weight excluding hydrogens is 262 g/mol. The van der Waals surface area contributed by atoms with E-state index in [1.54, 1.807) is 7.05 Å². The number of hydrogen-bond donors (Lipinski definition) is 2. The summed E-state index contributed by atoms with van der Waals surface area (Å²) < 4.78 is 0. The first-order valence-corrected chi connectivity index (χ1v) is 6.45. The van der Waals surface area contributed by atoms with Crippen molar-refractivity contribution in [1.82, 2.24) is 5.32 Å². The van der Waals surface area contributed by atoms with E-state index < -0.39 is 5.91 Å². The van der Waals surface area contributed by atoms with Crippen molar-refractivity contribution in [1.29, 1.82) is 5.26 Å². The van der Waals surface area contributed by atoms with Crippen LogP contribution in [0.25, 0.3) is 16.8 Å². The highest BCUT2D eigenvalue weighted by Crippen LogP contribution is 2.22. The number of carbonyl (C=O) groups is 1. The Kier molecular flexibility index (Phi) is 4.37.